The first-order valence-corrected chi connectivity index (χ1v) is 7.61. The Morgan fingerprint density at radius 3 is 2.57 bits per heavy atom. The number of carbonyl (C=O) groups excluding carboxylic acids is 1. The molecule has 7 heteroatoms. The minimum absolute atomic E-state index is 0.282. The summed E-state index contributed by atoms with van der Waals surface area (Å²) in [6.45, 7) is 2.45. The first kappa shape index (κ1) is 15.1. The molecular weight excluding hydrogens is 296 g/mol. The van der Waals surface area contributed by atoms with Crippen molar-refractivity contribution in [3.8, 4) is 0 Å². The van der Waals surface area contributed by atoms with E-state index in [0.29, 0.717) is 12.1 Å². The van der Waals surface area contributed by atoms with Crippen molar-refractivity contribution in [2.24, 2.45) is 0 Å². The monoisotopic (exact) mass is 314 g/mol. The molecule has 0 bridgehead atoms. The third kappa shape index (κ3) is 2.77. The van der Waals surface area contributed by atoms with Crippen molar-refractivity contribution >= 4 is 11.8 Å². The Hall–Kier alpha value is -2.83. The normalized spacial score (nSPS) is 16.4. The van der Waals surface area contributed by atoms with Gasteiger partial charge in [0.05, 0.1) is 11.6 Å². The van der Waals surface area contributed by atoms with Gasteiger partial charge in [0, 0.05) is 6.54 Å². The number of aromatic nitrogens is 2. The van der Waals surface area contributed by atoms with Crippen molar-refractivity contribution in [3.63, 3.8) is 0 Å². The largest absolute Gasteiger partial charge is 0.329 e. The van der Waals surface area contributed by atoms with Gasteiger partial charge in [-0.25, -0.2) is 9.59 Å². The van der Waals surface area contributed by atoms with Gasteiger partial charge in [-0.2, -0.15) is 0 Å². The number of benzene rings is 1. The lowest BCUT2D eigenvalue weighted by atomic mass is 9.98. The molecule has 0 spiro atoms. The molecule has 2 heterocycles. The van der Waals surface area contributed by atoms with Gasteiger partial charge in [0.1, 0.15) is 5.82 Å². The van der Waals surface area contributed by atoms with E-state index in [4.69, 9.17) is 0 Å². The average Bonchev–Trinajstić information content (AvgIpc) is 2.54. The lowest BCUT2D eigenvalue weighted by Gasteiger charge is -2.28. The van der Waals surface area contributed by atoms with Crippen LogP contribution in [0.4, 0.5) is 10.6 Å². The summed E-state index contributed by atoms with van der Waals surface area (Å²) >= 11 is 0. The molecular formula is C16H18N4O3. The van der Waals surface area contributed by atoms with Crippen molar-refractivity contribution in [3.05, 3.63) is 62.3 Å². The molecule has 1 aromatic carbocycles. The zero-order chi connectivity index (χ0) is 16.4. The lowest BCUT2D eigenvalue weighted by molar-refractivity contribution is 0.248. The van der Waals surface area contributed by atoms with Gasteiger partial charge in [0.2, 0.25) is 0 Å². The second-order valence-electron chi connectivity index (χ2n) is 5.47. The van der Waals surface area contributed by atoms with Crippen molar-refractivity contribution < 1.29 is 4.79 Å². The molecule has 0 fully saturated rings. The van der Waals surface area contributed by atoms with Gasteiger partial charge < -0.3 is 5.32 Å². The van der Waals surface area contributed by atoms with Gasteiger partial charge in [0.15, 0.2) is 0 Å². The van der Waals surface area contributed by atoms with E-state index >= 15 is 0 Å². The number of urea groups is 1. The third-order valence-corrected chi connectivity index (χ3v) is 3.90. The number of nitrogens with zero attached hydrogens (tertiary/aromatic N) is 1. The Balaban J connectivity index is 2.20. The van der Waals surface area contributed by atoms with Crippen LogP contribution in [-0.4, -0.2) is 15.6 Å². The number of amides is 2. The van der Waals surface area contributed by atoms with E-state index in [1.807, 2.05) is 37.3 Å². The maximum atomic E-state index is 12.3. The van der Waals surface area contributed by atoms with Crippen LogP contribution in [0.2, 0.25) is 0 Å². The Labute approximate surface area is 132 Å². The summed E-state index contributed by atoms with van der Waals surface area (Å²) in [6.07, 6.45) is 1.67. The predicted octanol–water partition coefficient (Wildman–Crippen LogP) is 1.56. The Morgan fingerprint density at radius 2 is 1.87 bits per heavy atom. The number of rotatable bonds is 4. The highest BCUT2D eigenvalue weighted by Gasteiger charge is 2.31. The van der Waals surface area contributed by atoms with Crippen molar-refractivity contribution in [1.82, 2.24) is 14.9 Å². The number of fused-ring (bicyclic) bond motifs is 1. The number of aromatic amines is 1. The average molecular weight is 314 g/mol. The molecule has 1 aliphatic rings. The summed E-state index contributed by atoms with van der Waals surface area (Å²) in [7, 11) is 0. The van der Waals surface area contributed by atoms with E-state index in [-0.39, 0.29) is 5.82 Å². The van der Waals surface area contributed by atoms with Gasteiger partial charge in [0.25, 0.3) is 5.56 Å². The van der Waals surface area contributed by atoms with Crippen LogP contribution in [0.15, 0.2) is 39.9 Å². The van der Waals surface area contributed by atoms with Crippen LogP contribution in [0, 0.1) is 0 Å². The van der Waals surface area contributed by atoms with Crippen molar-refractivity contribution in [2.45, 2.75) is 32.4 Å². The minimum atomic E-state index is -0.586. The highest BCUT2D eigenvalue weighted by molar-refractivity contribution is 5.92. The highest BCUT2D eigenvalue weighted by Crippen LogP contribution is 2.28. The fraction of sp³-hybridized carbons (Fsp3) is 0.312. The Bertz CT molecular complexity index is 839. The summed E-state index contributed by atoms with van der Waals surface area (Å²) in [4.78, 5) is 38.8. The van der Waals surface area contributed by atoms with Gasteiger partial charge in [-0.05, 0) is 12.0 Å². The molecule has 1 aliphatic heterocycles. The van der Waals surface area contributed by atoms with Crippen LogP contribution in [0.5, 0.6) is 0 Å². The number of nitrogens with one attached hydrogen (secondary N) is 3. The van der Waals surface area contributed by atoms with Crippen LogP contribution in [0.3, 0.4) is 0 Å². The lowest BCUT2D eigenvalue weighted by Crippen LogP contribution is -2.46. The van der Waals surface area contributed by atoms with Crippen molar-refractivity contribution in [1.29, 1.82) is 0 Å². The number of unbranched alkanes of at least 4 members (excludes halogenated alkanes) is 1. The molecule has 120 valence electrons. The standard InChI is InChI=1S/C16H18N4O3/c1-2-3-9-20-13-11(14(21)19-16(20)23)12(17-15(22)18-13)10-7-5-4-6-8-10/h4-8,12H,2-3,9H2,1H3,(H2,17,18,22)(H,19,21,23). The Morgan fingerprint density at radius 1 is 1.13 bits per heavy atom. The van der Waals surface area contributed by atoms with E-state index in [1.54, 1.807) is 0 Å². The molecule has 0 radical (unpaired) electrons. The van der Waals surface area contributed by atoms with E-state index in [1.165, 1.54) is 4.57 Å². The second kappa shape index (κ2) is 6.12. The molecule has 2 aromatic rings. The number of hydrogen-bond acceptors (Lipinski definition) is 3. The number of hydrogen-bond donors (Lipinski definition) is 3. The first-order chi connectivity index (χ1) is 11.1. The molecule has 23 heavy (non-hydrogen) atoms. The molecule has 3 rings (SSSR count). The van der Waals surface area contributed by atoms with Crippen LogP contribution < -0.4 is 21.9 Å². The summed E-state index contributed by atoms with van der Waals surface area (Å²) in [6, 6.07) is 8.19. The zero-order valence-electron chi connectivity index (χ0n) is 12.8. The smallest absolute Gasteiger partial charge is 0.327 e. The topological polar surface area (TPSA) is 96.0 Å². The van der Waals surface area contributed by atoms with Gasteiger partial charge >= 0.3 is 11.7 Å². The van der Waals surface area contributed by atoms with Gasteiger partial charge in [-0.15, -0.1) is 0 Å². The Kier molecular flexibility index (Phi) is 4.01. The first-order valence-electron chi connectivity index (χ1n) is 7.61. The van der Waals surface area contributed by atoms with Gasteiger partial charge in [-0.1, -0.05) is 43.7 Å². The van der Waals surface area contributed by atoms with E-state index in [2.05, 4.69) is 15.6 Å². The molecule has 0 saturated heterocycles. The van der Waals surface area contributed by atoms with E-state index < -0.39 is 23.3 Å². The van der Waals surface area contributed by atoms with Crippen LogP contribution >= 0.6 is 0 Å². The fourth-order valence-electron chi connectivity index (χ4n) is 2.76. The van der Waals surface area contributed by atoms with Crippen LogP contribution in [-0.2, 0) is 6.54 Å². The summed E-state index contributed by atoms with van der Waals surface area (Å²) in [5.74, 6) is 0.282. The quantitative estimate of drug-likeness (QED) is 0.799. The minimum Gasteiger partial charge on any atom is -0.327 e. The molecule has 0 aliphatic carbocycles. The highest BCUT2D eigenvalue weighted by atomic mass is 16.2. The predicted molar refractivity (Wildman–Crippen MR) is 86.7 cm³/mol. The maximum Gasteiger partial charge on any atom is 0.329 e. The second-order valence-corrected chi connectivity index (χ2v) is 5.47. The molecule has 1 aromatic heterocycles. The molecule has 1 unspecified atom stereocenters. The van der Waals surface area contributed by atoms with Gasteiger partial charge in [-0.3, -0.25) is 19.7 Å². The fourth-order valence-corrected chi connectivity index (χ4v) is 2.76. The molecule has 7 nitrogen and oxygen atoms in total. The third-order valence-electron chi connectivity index (χ3n) is 3.90. The summed E-state index contributed by atoms with van der Waals surface area (Å²) in [5, 5.41) is 5.36. The zero-order valence-corrected chi connectivity index (χ0v) is 12.8. The van der Waals surface area contributed by atoms with E-state index in [9.17, 15) is 14.4 Å². The molecule has 2 amide bonds. The van der Waals surface area contributed by atoms with Crippen molar-refractivity contribution in [2.75, 3.05) is 5.32 Å². The molecule has 3 N–H and O–H groups in total. The maximum absolute atomic E-state index is 12.3. The number of carbonyl (C=O) groups is 1. The summed E-state index contributed by atoms with van der Waals surface area (Å²) in [5.41, 5.74) is 0.150. The van der Waals surface area contributed by atoms with Crippen LogP contribution in [0.25, 0.3) is 0 Å². The van der Waals surface area contributed by atoms with Crippen LogP contribution in [0.1, 0.15) is 36.9 Å². The van der Waals surface area contributed by atoms with E-state index in [0.717, 1.165) is 18.4 Å². The SMILES string of the molecule is CCCCn1c2c(c(=O)[nH]c1=O)C(c1ccccc1)NC(=O)N2. The number of H-pyrrole nitrogens is 1. The molecule has 1 atom stereocenters. The summed E-state index contributed by atoms with van der Waals surface area (Å²) < 4.78 is 1.43. The number of anilines is 1. The molecule has 0 saturated carbocycles.